The molecule has 0 fully saturated rings. The Morgan fingerprint density at radius 3 is 2.33 bits per heavy atom. The molecule has 1 N–H and O–H groups in total. The van der Waals surface area contributed by atoms with Gasteiger partial charge in [0.05, 0.1) is 6.04 Å². The van der Waals surface area contributed by atoms with Crippen molar-refractivity contribution in [2.45, 2.75) is 55.9 Å². The van der Waals surface area contributed by atoms with Crippen molar-refractivity contribution in [2.24, 2.45) is 0 Å². The van der Waals surface area contributed by atoms with E-state index >= 15 is 0 Å². The van der Waals surface area contributed by atoms with E-state index in [0.29, 0.717) is 0 Å². The SMILES string of the molecule is CC(C)N1[OH+]N(c2[c-]c(Sc3[c-]c4c(cc3)c3ccccc3n4-c3cc(C(C)(C)C)ccn3)ccc2)c2ccccc21.[Pt]. The maximum absolute atomic E-state index is 4.92. The van der Waals surface area contributed by atoms with E-state index in [1.807, 2.05) is 11.3 Å². The number of anilines is 3. The van der Waals surface area contributed by atoms with Crippen LogP contribution in [0.15, 0.2) is 107 Å². The molecule has 2 aromatic heterocycles. The summed E-state index contributed by atoms with van der Waals surface area (Å²) in [7, 11) is 0. The number of fused-ring (bicyclic) bond motifs is 4. The van der Waals surface area contributed by atoms with Crippen LogP contribution < -0.4 is 10.1 Å². The van der Waals surface area contributed by atoms with Crippen LogP contribution in [0, 0.1) is 12.1 Å². The maximum atomic E-state index is 4.92. The Morgan fingerprint density at radius 2 is 1.53 bits per heavy atom. The first-order chi connectivity index (χ1) is 20.3. The predicted octanol–water partition coefficient (Wildman–Crippen LogP) is 9.43. The van der Waals surface area contributed by atoms with E-state index in [0.717, 1.165) is 49.1 Å². The Bertz CT molecular complexity index is 1940. The van der Waals surface area contributed by atoms with Crippen LogP contribution in [-0.4, -0.2) is 20.5 Å². The molecule has 0 bridgehead atoms. The van der Waals surface area contributed by atoms with Gasteiger partial charge in [-0.1, -0.05) is 56.6 Å². The predicted molar refractivity (Wildman–Crippen MR) is 173 cm³/mol. The Morgan fingerprint density at radius 1 is 0.791 bits per heavy atom. The molecule has 3 heterocycles. The molecule has 1 aliphatic rings. The molecule has 0 unspecified atom stereocenters. The second kappa shape index (κ2) is 11.5. The van der Waals surface area contributed by atoms with Crippen molar-refractivity contribution in [3.63, 3.8) is 0 Å². The van der Waals surface area contributed by atoms with Gasteiger partial charge in [0, 0.05) is 38.5 Å². The third-order valence-electron chi connectivity index (χ3n) is 7.63. The van der Waals surface area contributed by atoms with Gasteiger partial charge in [-0.15, -0.1) is 55.3 Å². The minimum atomic E-state index is 0. The Hall–Kier alpha value is -3.57. The van der Waals surface area contributed by atoms with E-state index in [1.165, 1.54) is 10.9 Å². The summed E-state index contributed by atoms with van der Waals surface area (Å²) in [5.74, 6) is 0.907. The van der Waals surface area contributed by atoms with Crippen molar-refractivity contribution in [1.29, 1.82) is 0 Å². The molecule has 0 saturated carbocycles. The molecule has 0 amide bonds. The van der Waals surface area contributed by atoms with E-state index in [-0.39, 0.29) is 32.5 Å². The van der Waals surface area contributed by atoms with Gasteiger partial charge >= 0.3 is 0 Å². The molecule has 0 spiro atoms. The van der Waals surface area contributed by atoms with Crippen LogP contribution in [0.5, 0.6) is 0 Å². The quantitative estimate of drug-likeness (QED) is 0.130. The molecule has 43 heavy (non-hydrogen) atoms. The zero-order valence-corrected chi connectivity index (χ0v) is 27.9. The van der Waals surface area contributed by atoms with Crippen molar-refractivity contribution < 1.29 is 26.0 Å². The van der Waals surface area contributed by atoms with Gasteiger partial charge in [0.25, 0.3) is 0 Å². The molecular formula is C36H33N4OPtS-. The van der Waals surface area contributed by atoms with Crippen LogP contribution in [0.25, 0.3) is 27.6 Å². The largest absolute Gasteiger partial charge is 0.319 e. The summed E-state index contributed by atoms with van der Waals surface area (Å²) >= 11 is 1.66. The van der Waals surface area contributed by atoms with Gasteiger partial charge < -0.3 is 4.57 Å². The van der Waals surface area contributed by atoms with Gasteiger partial charge in [0.1, 0.15) is 17.2 Å². The first kappa shape index (κ1) is 29.5. The van der Waals surface area contributed by atoms with Gasteiger partial charge in [-0.05, 0) is 60.5 Å². The monoisotopic (exact) mass is 764 g/mol. The summed E-state index contributed by atoms with van der Waals surface area (Å²) in [5, 5.41) is 6.40. The second-order valence-corrected chi connectivity index (χ2v) is 13.0. The van der Waals surface area contributed by atoms with Crippen molar-refractivity contribution in [3.8, 4) is 5.82 Å². The molecule has 0 radical (unpaired) electrons. The third-order valence-corrected chi connectivity index (χ3v) is 8.55. The van der Waals surface area contributed by atoms with Crippen LogP contribution in [0.3, 0.4) is 0 Å². The van der Waals surface area contributed by atoms with E-state index in [9.17, 15) is 0 Å². The molecule has 1 aliphatic heterocycles. The molecule has 5 nitrogen and oxygen atoms in total. The summed E-state index contributed by atoms with van der Waals surface area (Å²) in [6.07, 6.45) is 1.91. The number of aromatic nitrogens is 2. The number of benzene rings is 4. The molecule has 7 rings (SSSR count). The molecule has 7 heteroatoms. The van der Waals surface area contributed by atoms with E-state index in [4.69, 9.17) is 9.92 Å². The molecule has 4 aromatic carbocycles. The van der Waals surface area contributed by atoms with Crippen LogP contribution in [0.4, 0.5) is 17.1 Å². The van der Waals surface area contributed by atoms with Gasteiger partial charge in [-0.3, -0.25) is 0 Å². The van der Waals surface area contributed by atoms with Gasteiger partial charge in [0.2, 0.25) is 0 Å². The molecule has 6 aromatic rings. The fourth-order valence-corrected chi connectivity index (χ4v) is 6.33. The Labute approximate surface area is 271 Å². The average Bonchev–Trinajstić information content (AvgIpc) is 3.53. The summed E-state index contributed by atoms with van der Waals surface area (Å²) in [5.41, 5.74) is 6.50. The molecule has 0 aliphatic carbocycles. The summed E-state index contributed by atoms with van der Waals surface area (Å²) in [4.78, 5) is 11.8. The number of para-hydroxylation sites is 3. The van der Waals surface area contributed by atoms with Gasteiger partial charge in [-0.25, -0.2) is 4.98 Å². The number of hydrogen-bond acceptors (Lipinski definition) is 4. The minimum absolute atomic E-state index is 0. The van der Waals surface area contributed by atoms with Crippen LogP contribution in [0.1, 0.15) is 40.2 Å². The first-order valence-corrected chi connectivity index (χ1v) is 15.1. The number of hydroxylamine groups is 1. The number of hydrogen-bond donors (Lipinski definition) is 0. The van der Waals surface area contributed by atoms with Gasteiger partial charge in [-0.2, -0.15) is 29.2 Å². The summed E-state index contributed by atoms with van der Waals surface area (Å²) < 4.78 is 2.24. The Balaban J connectivity index is 0.00000329. The number of rotatable bonds is 5. The van der Waals surface area contributed by atoms with Crippen molar-refractivity contribution >= 4 is 50.6 Å². The number of nitrogens with zero attached hydrogens (tertiary/aromatic N) is 4. The zero-order chi connectivity index (χ0) is 29.0. The van der Waals surface area contributed by atoms with Crippen LogP contribution in [0.2, 0.25) is 0 Å². The van der Waals surface area contributed by atoms with Crippen LogP contribution in [-0.2, 0) is 26.5 Å². The molecular weight excluding hydrogens is 732 g/mol. The summed E-state index contributed by atoms with van der Waals surface area (Å²) in [6, 6.07) is 39.4. The Kier molecular flexibility index (Phi) is 7.89. The fraction of sp³-hybridized carbons (Fsp3) is 0.194. The minimum Gasteiger partial charge on any atom is -0.319 e. The van der Waals surface area contributed by atoms with Crippen LogP contribution >= 0.6 is 11.8 Å². The average molecular weight is 765 g/mol. The van der Waals surface area contributed by atoms with Crippen molar-refractivity contribution in [1.82, 2.24) is 9.55 Å². The number of pyridine rings is 1. The smallest absolute Gasteiger partial charge is 0.145 e. The topological polar surface area (TPSA) is 37.1 Å². The van der Waals surface area contributed by atoms with Gasteiger partial charge in [0.15, 0.2) is 0 Å². The fourth-order valence-electron chi connectivity index (χ4n) is 5.51. The zero-order valence-electron chi connectivity index (χ0n) is 24.8. The first-order valence-electron chi connectivity index (χ1n) is 14.3. The van der Waals surface area contributed by atoms with E-state index < -0.39 is 0 Å². The third kappa shape index (κ3) is 5.37. The van der Waals surface area contributed by atoms with E-state index in [2.05, 4.69) is 147 Å². The maximum Gasteiger partial charge on any atom is 0.145 e. The van der Waals surface area contributed by atoms with E-state index in [1.54, 1.807) is 11.8 Å². The van der Waals surface area contributed by atoms with Crippen molar-refractivity contribution in [3.05, 3.63) is 115 Å². The molecule has 0 saturated heterocycles. The normalized spacial score (nSPS) is 13.2. The summed E-state index contributed by atoms with van der Waals surface area (Å²) in [6.45, 7) is 11.0. The standard InChI is InChI=1S/C36H32N4OS.Pt/c1-24(2)39-32-15-8-9-16-33(32)40(41-39)26-11-10-12-27(22-26)42-28-17-18-30-29-13-6-7-14-31(29)38(34(30)23-28)35-21-25(19-20-37-35)36(3,4)5;/h6-21,24H,1-5H3;/q-2;/p+1. The molecule has 0 atom stereocenters. The van der Waals surface area contributed by atoms with Crippen molar-refractivity contribution in [2.75, 3.05) is 10.1 Å². The molecule has 220 valence electrons. The second-order valence-electron chi connectivity index (χ2n) is 11.9.